The number of amides is 1. The smallest absolute Gasteiger partial charge is 0.234 e. The van der Waals surface area contributed by atoms with Crippen LogP contribution >= 0.6 is 22.9 Å². The molecule has 1 unspecified atom stereocenters. The number of hydrogen-bond donors (Lipinski definition) is 3. The molecule has 4 N–H and O–H groups in total. The summed E-state index contributed by atoms with van der Waals surface area (Å²) >= 11 is 7.27. The highest BCUT2D eigenvalue weighted by molar-refractivity contribution is 7.16. The summed E-state index contributed by atoms with van der Waals surface area (Å²) in [4.78, 5) is 13.1. The molecular weight excluding hydrogens is 274 g/mol. The molecule has 1 saturated carbocycles. The van der Waals surface area contributed by atoms with Gasteiger partial charge >= 0.3 is 0 Å². The monoisotopic (exact) mass is 287 g/mol. The number of nitrogens with two attached hydrogens (primary N) is 1. The van der Waals surface area contributed by atoms with Crippen molar-refractivity contribution < 1.29 is 10.0 Å². The predicted molar refractivity (Wildman–Crippen MR) is 71.0 cm³/mol. The Kier molecular flexibility index (Phi) is 3.49. The second-order valence-electron chi connectivity index (χ2n) is 4.40. The molecule has 1 amide bonds. The average Bonchev–Trinajstić information content (AvgIpc) is 3.05. The van der Waals surface area contributed by atoms with Gasteiger partial charge in [-0.25, -0.2) is 0 Å². The topological polar surface area (TPSA) is 87.7 Å². The molecule has 0 bridgehead atoms. The highest BCUT2D eigenvalue weighted by Gasteiger charge is 2.54. The van der Waals surface area contributed by atoms with E-state index in [0.717, 1.165) is 4.88 Å². The van der Waals surface area contributed by atoms with Crippen LogP contribution in [0, 0.1) is 5.41 Å². The first-order valence-electron chi connectivity index (χ1n) is 5.54. The molecule has 5 nitrogen and oxygen atoms in total. The number of nitrogens with one attached hydrogen (secondary N) is 1. The van der Waals surface area contributed by atoms with Gasteiger partial charge in [-0.2, -0.15) is 0 Å². The number of nitrogens with zero attached hydrogens (tertiary/aromatic N) is 1. The molecule has 0 saturated heterocycles. The normalized spacial score (nSPS) is 19.3. The van der Waals surface area contributed by atoms with E-state index in [0.29, 0.717) is 17.2 Å². The van der Waals surface area contributed by atoms with E-state index in [1.807, 2.05) is 13.0 Å². The van der Waals surface area contributed by atoms with Crippen molar-refractivity contribution in [1.29, 1.82) is 0 Å². The Morgan fingerprint density at radius 2 is 2.33 bits per heavy atom. The SMILES string of the molecule is CC(NC(=O)C1(/C(N)=N/O)CC1)c1ccc(Cl)s1. The van der Waals surface area contributed by atoms with Crippen molar-refractivity contribution in [3.63, 3.8) is 0 Å². The third-order valence-corrected chi connectivity index (χ3v) is 4.56. The molecule has 0 aliphatic heterocycles. The van der Waals surface area contributed by atoms with Gasteiger partial charge in [-0.3, -0.25) is 4.79 Å². The Bertz CT molecular complexity index is 496. The second-order valence-corrected chi connectivity index (χ2v) is 6.15. The van der Waals surface area contributed by atoms with Gasteiger partial charge in [0.1, 0.15) is 5.41 Å². The maximum absolute atomic E-state index is 12.1. The first-order chi connectivity index (χ1) is 8.49. The van der Waals surface area contributed by atoms with Crippen molar-refractivity contribution in [3.05, 3.63) is 21.3 Å². The molecule has 1 aliphatic rings. The molecule has 18 heavy (non-hydrogen) atoms. The van der Waals surface area contributed by atoms with Gasteiger partial charge in [0, 0.05) is 4.88 Å². The molecular formula is C11H14ClN3O2S. The fourth-order valence-corrected chi connectivity index (χ4v) is 2.85. The zero-order valence-corrected chi connectivity index (χ0v) is 11.4. The number of amidine groups is 1. The molecule has 1 heterocycles. The molecule has 1 aliphatic carbocycles. The van der Waals surface area contributed by atoms with Crippen LogP contribution in [0.3, 0.4) is 0 Å². The van der Waals surface area contributed by atoms with Crippen LogP contribution in [0.1, 0.15) is 30.7 Å². The van der Waals surface area contributed by atoms with E-state index < -0.39 is 5.41 Å². The Labute approximate surface area is 114 Å². The van der Waals surface area contributed by atoms with Gasteiger partial charge in [0.15, 0.2) is 5.84 Å². The summed E-state index contributed by atoms with van der Waals surface area (Å²) in [7, 11) is 0. The minimum absolute atomic E-state index is 0.0172. The molecule has 1 aromatic heterocycles. The minimum atomic E-state index is -0.815. The second kappa shape index (κ2) is 4.78. The fraction of sp³-hybridized carbons (Fsp3) is 0.455. The number of carbonyl (C=O) groups excluding carboxylic acids is 1. The van der Waals surface area contributed by atoms with Crippen molar-refractivity contribution >= 4 is 34.7 Å². The van der Waals surface area contributed by atoms with Crippen molar-refractivity contribution in [3.8, 4) is 0 Å². The van der Waals surface area contributed by atoms with Gasteiger partial charge in [-0.15, -0.1) is 11.3 Å². The lowest BCUT2D eigenvalue weighted by Crippen LogP contribution is -2.41. The number of oxime groups is 1. The highest BCUT2D eigenvalue weighted by atomic mass is 35.5. The van der Waals surface area contributed by atoms with E-state index >= 15 is 0 Å². The van der Waals surface area contributed by atoms with Crippen LogP contribution in [0.2, 0.25) is 4.34 Å². The number of rotatable bonds is 4. The first kappa shape index (κ1) is 13.2. The van der Waals surface area contributed by atoms with Crippen LogP contribution in [0.25, 0.3) is 0 Å². The van der Waals surface area contributed by atoms with E-state index in [9.17, 15) is 4.79 Å². The molecule has 1 atom stereocenters. The Morgan fingerprint density at radius 1 is 1.67 bits per heavy atom. The molecule has 7 heteroatoms. The molecule has 0 radical (unpaired) electrons. The summed E-state index contributed by atoms with van der Waals surface area (Å²) in [5.74, 6) is -0.216. The summed E-state index contributed by atoms with van der Waals surface area (Å²) < 4.78 is 0.684. The predicted octanol–water partition coefficient (Wildman–Crippen LogP) is 2.11. The van der Waals surface area contributed by atoms with E-state index in [1.165, 1.54) is 11.3 Å². The quantitative estimate of drug-likeness (QED) is 0.343. The number of hydrogen-bond acceptors (Lipinski definition) is 4. The minimum Gasteiger partial charge on any atom is -0.409 e. The van der Waals surface area contributed by atoms with Crippen LogP contribution in [-0.2, 0) is 4.79 Å². The van der Waals surface area contributed by atoms with Gasteiger partial charge in [-0.1, -0.05) is 16.8 Å². The summed E-state index contributed by atoms with van der Waals surface area (Å²) in [5, 5.41) is 14.5. The zero-order chi connectivity index (χ0) is 13.3. The maximum Gasteiger partial charge on any atom is 0.234 e. The number of thiophene rings is 1. The van der Waals surface area contributed by atoms with Crippen LogP contribution in [-0.4, -0.2) is 17.0 Å². The molecule has 0 aromatic carbocycles. The van der Waals surface area contributed by atoms with Crippen molar-refractivity contribution in [2.75, 3.05) is 0 Å². The van der Waals surface area contributed by atoms with E-state index in [-0.39, 0.29) is 17.8 Å². The van der Waals surface area contributed by atoms with Gasteiger partial charge < -0.3 is 16.3 Å². The molecule has 98 valence electrons. The molecule has 1 fully saturated rings. The Morgan fingerprint density at radius 3 is 2.78 bits per heavy atom. The maximum atomic E-state index is 12.1. The van der Waals surface area contributed by atoms with Crippen molar-refractivity contribution in [2.24, 2.45) is 16.3 Å². The van der Waals surface area contributed by atoms with Crippen LogP contribution in [0.15, 0.2) is 17.3 Å². The Hall–Kier alpha value is -1.27. The van der Waals surface area contributed by atoms with Crippen LogP contribution in [0.5, 0.6) is 0 Å². The lowest BCUT2D eigenvalue weighted by molar-refractivity contribution is -0.124. The molecule has 0 spiro atoms. The van der Waals surface area contributed by atoms with Crippen molar-refractivity contribution in [2.45, 2.75) is 25.8 Å². The largest absolute Gasteiger partial charge is 0.409 e. The van der Waals surface area contributed by atoms with Gasteiger partial charge in [-0.05, 0) is 31.9 Å². The van der Waals surface area contributed by atoms with E-state index in [1.54, 1.807) is 6.07 Å². The molecule has 1 aromatic rings. The summed E-state index contributed by atoms with van der Waals surface area (Å²) in [6.45, 7) is 1.88. The van der Waals surface area contributed by atoms with Gasteiger partial charge in [0.25, 0.3) is 0 Å². The van der Waals surface area contributed by atoms with Gasteiger partial charge in [0.2, 0.25) is 5.91 Å². The average molecular weight is 288 g/mol. The van der Waals surface area contributed by atoms with Crippen LogP contribution in [0.4, 0.5) is 0 Å². The third-order valence-electron chi connectivity index (χ3n) is 3.15. The highest BCUT2D eigenvalue weighted by Crippen LogP contribution is 2.46. The lowest BCUT2D eigenvalue weighted by atomic mass is 10.0. The third kappa shape index (κ3) is 2.30. The number of halogens is 1. The fourth-order valence-electron chi connectivity index (χ4n) is 1.79. The van der Waals surface area contributed by atoms with Crippen LogP contribution < -0.4 is 11.1 Å². The standard InChI is InChI=1S/C11H14ClN3O2S/c1-6(7-2-3-8(12)18-7)14-10(16)11(4-5-11)9(13)15-17/h2-3,6,17H,4-5H2,1H3,(H2,13,15)(H,14,16). The summed E-state index contributed by atoms with van der Waals surface area (Å²) in [5.41, 5.74) is 4.74. The van der Waals surface area contributed by atoms with Gasteiger partial charge in [0.05, 0.1) is 10.4 Å². The van der Waals surface area contributed by atoms with Crippen molar-refractivity contribution in [1.82, 2.24) is 5.32 Å². The molecule has 2 rings (SSSR count). The summed E-state index contributed by atoms with van der Waals surface area (Å²) in [6.07, 6.45) is 1.24. The van der Waals surface area contributed by atoms with E-state index in [2.05, 4.69) is 10.5 Å². The Balaban J connectivity index is 2.04. The lowest BCUT2D eigenvalue weighted by Gasteiger charge is -2.17. The summed E-state index contributed by atoms with van der Waals surface area (Å²) in [6, 6.07) is 3.53. The zero-order valence-electron chi connectivity index (χ0n) is 9.81. The van der Waals surface area contributed by atoms with E-state index in [4.69, 9.17) is 22.5 Å². The first-order valence-corrected chi connectivity index (χ1v) is 6.73. The number of carbonyl (C=O) groups is 1.